The molecule has 142 valence electrons. The van der Waals surface area contributed by atoms with Crippen LogP contribution in [0, 0.1) is 0 Å². The molecule has 1 aliphatic rings. The van der Waals surface area contributed by atoms with Crippen LogP contribution in [0.3, 0.4) is 0 Å². The molecule has 1 saturated heterocycles. The smallest absolute Gasteiger partial charge is 0.253 e. The van der Waals surface area contributed by atoms with Crippen molar-refractivity contribution in [3.63, 3.8) is 0 Å². The number of nitrogens with one attached hydrogen (secondary N) is 2. The number of amides is 1. The number of hydrogen-bond acceptors (Lipinski definition) is 5. The predicted octanol–water partition coefficient (Wildman–Crippen LogP) is 2.10. The van der Waals surface area contributed by atoms with E-state index in [2.05, 4.69) is 10.0 Å². The average molecular weight is 392 g/mol. The van der Waals surface area contributed by atoms with Gasteiger partial charge in [0.15, 0.2) is 0 Å². The van der Waals surface area contributed by atoms with Crippen molar-refractivity contribution in [2.75, 3.05) is 22.3 Å². The minimum absolute atomic E-state index is 0. The number of ether oxygens (including phenoxy) is 1. The number of sulfonamides is 1. The van der Waals surface area contributed by atoms with Gasteiger partial charge in [0.2, 0.25) is 10.0 Å². The Morgan fingerprint density at radius 2 is 1.88 bits per heavy atom. The second-order valence-electron chi connectivity index (χ2n) is 5.90. The fourth-order valence-corrected chi connectivity index (χ4v) is 3.75. The molecule has 1 aromatic carbocycles. The summed E-state index contributed by atoms with van der Waals surface area (Å²) in [6, 6.07) is 6.56. The molecule has 0 saturated carbocycles. The van der Waals surface area contributed by atoms with Crippen LogP contribution in [0.1, 0.15) is 32.6 Å². The number of rotatable bonds is 8. The van der Waals surface area contributed by atoms with Gasteiger partial charge in [-0.25, -0.2) is 8.42 Å². The van der Waals surface area contributed by atoms with E-state index in [0.29, 0.717) is 30.8 Å². The normalized spacial score (nSPS) is 19.9. The topological polar surface area (TPSA) is 111 Å². The first kappa shape index (κ1) is 21.7. The van der Waals surface area contributed by atoms with Crippen molar-refractivity contribution in [2.45, 2.75) is 44.8 Å². The van der Waals surface area contributed by atoms with Crippen LogP contribution in [0.5, 0.6) is 0 Å². The minimum atomic E-state index is -3.32. The summed E-state index contributed by atoms with van der Waals surface area (Å²) in [6.45, 7) is 2.35. The fraction of sp³-hybridized carbons (Fsp3) is 0.562. The molecule has 0 aliphatic carbocycles. The number of nitrogens with two attached hydrogens (primary N) is 1. The summed E-state index contributed by atoms with van der Waals surface area (Å²) in [5, 5.41) is 2.77. The Labute approximate surface area is 155 Å². The molecule has 0 spiro atoms. The van der Waals surface area contributed by atoms with E-state index in [4.69, 9.17) is 10.5 Å². The number of carbonyl (C=O) groups excluding carboxylic acids is 1. The first-order valence-corrected chi connectivity index (χ1v) is 9.85. The molecular weight excluding hydrogens is 366 g/mol. The third kappa shape index (κ3) is 6.81. The second-order valence-corrected chi connectivity index (χ2v) is 7.74. The lowest BCUT2D eigenvalue weighted by Gasteiger charge is -2.13. The van der Waals surface area contributed by atoms with Gasteiger partial charge in [0, 0.05) is 17.9 Å². The van der Waals surface area contributed by atoms with E-state index in [9.17, 15) is 13.2 Å². The number of anilines is 2. The zero-order valence-corrected chi connectivity index (χ0v) is 15.9. The van der Waals surface area contributed by atoms with Crippen molar-refractivity contribution in [2.24, 2.45) is 5.73 Å². The van der Waals surface area contributed by atoms with E-state index in [1.54, 1.807) is 24.3 Å². The minimum Gasteiger partial charge on any atom is -0.364 e. The zero-order valence-electron chi connectivity index (χ0n) is 14.2. The molecule has 0 unspecified atom stereocenters. The standard InChI is InChI=1S/C16H25N3O4S.ClH/c1-2-3-10-24(21,22)19-13-6-4-12(5-7-13)18-16(20)15-9-8-14(11-17)23-15;/h4-7,14-15,19H,2-3,8-11,17H2,1H3,(H,18,20);1H/t14-,15+;/m1./s1. The van der Waals surface area contributed by atoms with E-state index in [-0.39, 0.29) is 30.2 Å². The summed E-state index contributed by atoms with van der Waals surface area (Å²) in [4.78, 5) is 12.1. The Kier molecular flexibility index (Phi) is 8.64. The summed E-state index contributed by atoms with van der Waals surface area (Å²) in [7, 11) is -3.32. The highest BCUT2D eigenvalue weighted by atomic mass is 35.5. The molecular formula is C16H26ClN3O4S. The molecule has 4 N–H and O–H groups in total. The SMILES string of the molecule is CCCCS(=O)(=O)Nc1ccc(NC(=O)[C@@H]2CC[C@H](CN)O2)cc1.Cl. The summed E-state index contributed by atoms with van der Waals surface area (Å²) >= 11 is 0. The summed E-state index contributed by atoms with van der Waals surface area (Å²) in [5.41, 5.74) is 6.60. The maximum atomic E-state index is 12.1. The highest BCUT2D eigenvalue weighted by Gasteiger charge is 2.29. The number of carbonyl (C=O) groups is 1. The lowest BCUT2D eigenvalue weighted by Crippen LogP contribution is -2.29. The zero-order chi connectivity index (χ0) is 17.6. The van der Waals surface area contributed by atoms with Gasteiger partial charge in [0.25, 0.3) is 5.91 Å². The van der Waals surface area contributed by atoms with Crippen LogP contribution in [-0.4, -0.2) is 38.8 Å². The van der Waals surface area contributed by atoms with Crippen molar-refractivity contribution >= 4 is 39.7 Å². The van der Waals surface area contributed by atoms with Gasteiger partial charge in [-0.3, -0.25) is 9.52 Å². The molecule has 0 aromatic heterocycles. The Morgan fingerprint density at radius 1 is 1.24 bits per heavy atom. The van der Waals surface area contributed by atoms with Crippen molar-refractivity contribution in [3.8, 4) is 0 Å². The van der Waals surface area contributed by atoms with E-state index >= 15 is 0 Å². The number of benzene rings is 1. The third-order valence-electron chi connectivity index (χ3n) is 3.86. The van der Waals surface area contributed by atoms with Gasteiger partial charge < -0.3 is 15.8 Å². The fourth-order valence-electron chi connectivity index (χ4n) is 2.48. The number of unbranched alkanes of at least 4 members (excludes halogenated alkanes) is 1. The van der Waals surface area contributed by atoms with E-state index in [1.807, 2.05) is 6.92 Å². The van der Waals surface area contributed by atoms with Crippen LogP contribution in [0.15, 0.2) is 24.3 Å². The highest BCUT2D eigenvalue weighted by Crippen LogP contribution is 2.21. The van der Waals surface area contributed by atoms with Gasteiger partial charge >= 0.3 is 0 Å². The summed E-state index contributed by atoms with van der Waals surface area (Å²) in [5.74, 6) is -0.106. The largest absolute Gasteiger partial charge is 0.364 e. The van der Waals surface area contributed by atoms with Crippen molar-refractivity contribution in [1.82, 2.24) is 0 Å². The molecule has 1 fully saturated rings. The number of hydrogen-bond donors (Lipinski definition) is 3. The molecule has 1 amide bonds. The Hall–Kier alpha value is -1.35. The van der Waals surface area contributed by atoms with Gasteiger partial charge in [-0.15, -0.1) is 12.4 Å². The quantitative estimate of drug-likeness (QED) is 0.628. The van der Waals surface area contributed by atoms with Crippen molar-refractivity contribution in [1.29, 1.82) is 0 Å². The first-order valence-electron chi connectivity index (χ1n) is 8.20. The maximum absolute atomic E-state index is 12.1. The molecule has 7 nitrogen and oxygen atoms in total. The van der Waals surface area contributed by atoms with Crippen LogP contribution < -0.4 is 15.8 Å². The molecule has 2 atom stereocenters. The molecule has 9 heteroatoms. The first-order chi connectivity index (χ1) is 11.4. The van der Waals surface area contributed by atoms with E-state index < -0.39 is 16.1 Å². The van der Waals surface area contributed by atoms with E-state index in [0.717, 1.165) is 12.8 Å². The van der Waals surface area contributed by atoms with Gasteiger partial charge in [0.1, 0.15) is 6.10 Å². The third-order valence-corrected chi connectivity index (χ3v) is 5.23. The van der Waals surface area contributed by atoms with Crippen LogP contribution >= 0.6 is 12.4 Å². The monoisotopic (exact) mass is 391 g/mol. The maximum Gasteiger partial charge on any atom is 0.253 e. The second kappa shape index (κ2) is 9.96. The molecule has 25 heavy (non-hydrogen) atoms. The molecule has 0 radical (unpaired) electrons. The molecule has 1 aliphatic heterocycles. The Balaban J connectivity index is 0.00000312. The van der Waals surface area contributed by atoms with Gasteiger partial charge in [0.05, 0.1) is 11.9 Å². The Bertz CT molecular complexity index is 652. The summed E-state index contributed by atoms with van der Waals surface area (Å²) < 4.78 is 31.8. The average Bonchev–Trinajstić information content (AvgIpc) is 3.04. The van der Waals surface area contributed by atoms with Gasteiger partial charge in [-0.1, -0.05) is 13.3 Å². The molecule has 1 heterocycles. The molecule has 2 rings (SSSR count). The summed E-state index contributed by atoms with van der Waals surface area (Å²) in [6.07, 6.45) is 2.34. The highest BCUT2D eigenvalue weighted by molar-refractivity contribution is 7.92. The van der Waals surface area contributed by atoms with Crippen molar-refractivity contribution < 1.29 is 17.9 Å². The van der Waals surface area contributed by atoms with Crippen LogP contribution in [0.4, 0.5) is 11.4 Å². The lowest BCUT2D eigenvalue weighted by atomic mass is 10.2. The predicted molar refractivity (Wildman–Crippen MR) is 102 cm³/mol. The van der Waals surface area contributed by atoms with Gasteiger partial charge in [-0.05, 0) is 43.5 Å². The van der Waals surface area contributed by atoms with Crippen LogP contribution in [-0.2, 0) is 19.6 Å². The molecule has 1 aromatic rings. The van der Waals surface area contributed by atoms with Crippen LogP contribution in [0.25, 0.3) is 0 Å². The lowest BCUT2D eigenvalue weighted by molar-refractivity contribution is -0.126. The van der Waals surface area contributed by atoms with Crippen molar-refractivity contribution in [3.05, 3.63) is 24.3 Å². The Morgan fingerprint density at radius 3 is 2.44 bits per heavy atom. The number of halogens is 1. The molecule has 0 bridgehead atoms. The van der Waals surface area contributed by atoms with Gasteiger partial charge in [-0.2, -0.15) is 0 Å². The van der Waals surface area contributed by atoms with Crippen LogP contribution in [0.2, 0.25) is 0 Å². The van der Waals surface area contributed by atoms with E-state index in [1.165, 1.54) is 0 Å².